The molecule has 6 heteroatoms. The average Bonchev–Trinajstić information content (AvgIpc) is 3.26. The summed E-state index contributed by atoms with van der Waals surface area (Å²) in [6.45, 7) is 9.39. The molecule has 0 spiro atoms. The van der Waals surface area contributed by atoms with Gasteiger partial charge in [0.1, 0.15) is 5.76 Å². The van der Waals surface area contributed by atoms with Gasteiger partial charge in [-0.2, -0.15) is 5.10 Å². The Kier molecular flexibility index (Phi) is 16.2. The van der Waals surface area contributed by atoms with Crippen molar-refractivity contribution in [1.82, 2.24) is 19.7 Å². The van der Waals surface area contributed by atoms with Gasteiger partial charge in [-0.15, -0.1) is 17.9 Å². The quantitative estimate of drug-likeness (QED) is 0.582. The molecular weight excluding hydrogens is 308 g/mol. The second-order valence-electron chi connectivity index (χ2n) is 4.04. The van der Waals surface area contributed by atoms with E-state index in [0.717, 1.165) is 17.2 Å². The standard InChI is InChI=1S/C4H6N2.C4H5NO.C4H5NS.C4H8.CH4/c1-6-4-2-3-5-6;1-4-2-5-3-6-4;1-4-5-2-3-6-4;1-3-4-2;/h2-4H,1H3;2*2-3H,1H3;3H,1,4H2,2H3;1H4. The van der Waals surface area contributed by atoms with Crippen molar-refractivity contribution in [2.24, 2.45) is 7.05 Å². The summed E-state index contributed by atoms with van der Waals surface area (Å²) in [4.78, 5) is 7.59. The van der Waals surface area contributed by atoms with Crippen LogP contribution >= 0.6 is 11.3 Å². The maximum Gasteiger partial charge on any atom is 0.180 e. The Hall–Kier alpha value is -2.21. The number of allylic oxidation sites excluding steroid dienone is 1. The number of rotatable bonds is 1. The van der Waals surface area contributed by atoms with Crippen molar-refractivity contribution in [1.29, 1.82) is 0 Å². The molecule has 0 aliphatic rings. The van der Waals surface area contributed by atoms with Gasteiger partial charge in [0, 0.05) is 31.0 Å². The van der Waals surface area contributed by atoms with Crippen LogP contribution in [0.4, 0.5) is 0 Å². The van der Waals surface area contributed by atoms with Crippen molar-refractivity contribution in [3.05, 3.63) is 66.1 Å². The molecule has 0 unspecified atom stereocenters. The Morgan fingerprint density at radius 3 is 2.17 bits per heavy atom. The molecule has 23 heavy (non-hydrogen) atoms. The normalized spacial score (nSPS) is 8.00. The van der Waals surface area contributed by atoms with Crippen LogP contribution in [-0.4, -0.2) is 19.7 Å². The third-order valence-corrected chi connectivity index (χ3v) is 2.74. The van der Waals surface area contributed by atoms with E-state index in [1.807, 2.05) is 44.6 Å². The van der Waals surface area contributed by atoms with Crippen molar-refractivity contribution in [2.45, 2.75) is 34.6 Å². The minimum Gasteiger partial charge on any atom is -0.449 e. The van der Waals surface area contributed by atoms with Gasteiger partial charge < -0.3 is 4.42 Å². The molecule has 3 aromatic heterocycles. The summed E-state index contributed by atoms with van der Waals surface area (Å²) < 4.78 is 6.47. The summed E-state index contributed by atoms with van der Waals surface area (Å²) in [6.07, 6.45) is 11.5. The summed E-state index contributed by atoms with van der Waals surface area (Å²) in [5.41, 5.74) is 0. The molecule has 0 saturated heterocycles. The largest absolute Gasteiger partial charge is 0.449 e. The second-order valence-corrected chi connectivity index (χ2v) is 5.14. The lowest BCUT2D eigenvalue weighted by molar-refractivity contribution is 0.527. The molecule has 3 heterocycles. The zero-order valence-electron chi connectivity index (χ0n) is 13.6. The van der Waals surface area contributed by atoms with Crippen LogP contribution < -0.4 is 0 Å². The number of thiazole rings is 1. The van der Waals surface area contributed by atoms with E-state index < -0.39 is 0 Å². The fraction of sp³-hybridized carbons (Fsp3) is 0.353. The lowest BCUT2D eigenvalue weighted by Crippen LogP contribution is -1.83. The molecular formula is C17H28N4OS. The number of hydrogen-bond acceptors (Lipinski definition) is 5. The van der Waals surface area contributed by atoms with E-state index in [2.05, 4.69) is 28.6 Å². The Bertz CT molecular complexity index is 469. The summed E-state index contributed by atoms with van der Waals surface area (Å²) in [6, 6.07) is 1.89. The fourth-order valence-corrected chi connectivity index (χ4v) is 1.36. The minimum absolute atomic E-state index is 0. The van der Waals surface area contributed by atoms with Crippen molar-refractivity contribution in [3.63, 3.8) is 0 Å². The number of nitrogens with zero attached hydrogens (tertiary/aromatic N) is 4. The van der Waals surface area contributed by atoms with Crippen molar-refractivity contribution in [2.75, 3.05) is 0 Å². The SMILES string of the molecule is C.C=CCC.Cc1cnco1.Cc1nccs1.Cn1cccn1. The topological polar surface area (TPSA) is 56.7 Å². The summed E-state index contributed by atoms with van der Waals surface area (Å²) in [5, 5.41) is 6.94. The highest BCUT2D eigenvalue weighted by Gasteiger charge is 1.77. The zero-order chi connectivity index (χ0) is 16.6. The number of hydrogen-bond donors (Lipinski definition) is 0. The van der Waals surface area contributed by atoms with Crippen LogP contribution in [0.15, 0.2) is 59.7 Å². The smallest absolute Gasteiger partial charge is 0.180 e. The molecule has 0 N–H and O–H groups in total. The van der Waals surface area contributed by atoms with Gasteiger partial charge in [0.05, 0.1) is 11.2 Å². The fourth-order valence-electron chi connectivity index (χ4n) is 0.919. The van der Waals surface area contributed by atoms with E-state index in [1.165, 1.54) is 6.39 Å². The zero-order valence-corrected chi connectivity index (χ0v) is 14.5. The first-order valence-electron chi connectivity index (χ1n) is 6.85. The van der Waals surface area contributed by atoms with E-state index >= 15 is 0 Å². The van der Waals surface area contributed by atoms with Gasteiger partial charge in [-0.25, -0.2) is 4.98 Å². The first-order chi connectivity index (χ1) is 10.6. The lowest BCUT2D eigenvalue weighted by Gasteiger charge is -1.77. The summed E-state index contributed by atoms with van der Waals surface area (Å²) in [5.74, 6) is 0.856. The van der Waals surface area contributed by atoms with Crippen molar-refractivity contribution >= 4 is 11.3 Å². The lowest BCUT2D eigenvalue weighted by atomic mass is 10.5. The predicted octanol–water partition coefficient (Wildman–Crippen LogP) is 5.07. The molecule has 0 aliphatic carbocycles. The van der Waals surface area contributed by atoms with Gasteiger partial charge >= 0.3 is 0 Å². The maximum atomic E-state index is 4.72. The van der Waals surface area contributed by atoms with Gasteiger partial charge in [-0.3, -0.25) is 9.67 Å². The van der Waals surface area contributed by atoms with Gasteiger partial charge in [0.25, 0.3) is 0 Å². The maximum absolute atomic E-state index is 4.72. The summed E-state index contributed by atoms with van der Waals surface area (Å²) >= 11 is 1.67. The molecule has 0 saturated carbocycles. The summed E-state index contributed by atoms with van der Waals surface area (Å²) in [7, 11) is 1.89. The predicted molar refractivity (Wildman–Crippen MR) is 98.5 cm³/mol. The molecule has 5 nitrogen and oxygen atoms in total. The van der Waals surface area contributed by atoms with Gasteiger partial charge in [0.15, 0.2) is 6.39 Å². The van der Waals surface area contributed by atoms with Crippen LogP contribution in [0.3, 0.4) is 0 Å². The Morgan fingerprint density at radius 1 is 1.35 bits per heavy atom. The molecule has 128 valence electrons. The highest BCUT2D eigenvalue weighted by molar-refractivity contribution is 7.09. The Labute approximate surface area is 143 Å². The van der Waals surface area contributed by atoms with Crippen molar-refractivity contribution < 1.29 is 4.42 Å². The molecule has 0 fully saturated rings. The first-order valence-corrected chi connectivity index (χ1v) is 7.73. The van der Waals surface area contributed by atoms with Crippen LogP contribution in [0.5, 0.6) is 0 Å². The molecule has 0 radical (unpaired) electrons. The van der Waals surface area contributed by atoms with Gasteiger partial charge in [0.2, 0.25) is 0 Å². The monoisotopic (exact) mass is 336 g/mol. The minimum atomic E-state index is 0. The Morgan fingerprint density at radius 2 is 2.04 bits per heavy atom. The van der Waals surface area contributed by atoms with E-state index in [4.69, 9.17) is 4.42 Å². The van der Waals surface area contributed by atoms with Gasteiger partial charge in [-0.05, 0) is 26.3 Å². The number of aromatic nitrogens is 4. The molecule has 0 amide bonds. The second kappa shape index (κ2) is 16.2. The van der Waals surface area contributed by atoms with Crippen LogP contribution in [-0.2, 0) is 7.05 Å². The van der Waals surface area contributed by atoms with Crippen LogP contribution in [0.1, 0.15) is 31.5 Å². The van der Waals surface area contributed by atoms with Crippen LogP contribution in [0, 0.1) is 13.8 Å². The molecule has 0 atom stereocenters. The molecule has 0 aromatic carbocycles. The highest BCUT2D eigenvalue weighted by atomic mass is 32.1. The van der Waals surface area contributed by atoms with E-state index in [-0.39, 0.29) is 7.43 Å². The average molecular weight is 337 g/mol. The Balaban J connectivity index is 0. The third kappa shape index (κ3) is 16.0. The van der Waals surface area contributed by atoms with E-state index in [0.29, 0.717) is 0 Å². The van der Waals surface area contributed by atoms with Crippen LogP contribution in [0.25, 0.3) is 0 Å². The number of oxazole rings is 1. The molecule has 3 rings (SSSR count). The van der Waals surface area contributed by atoms with Crippen molar-refractivity contribution in [3.8, 4) is 0 Å². The molecule has 0 aliphatic heterocycles. The van der Waals surface area contributed by atoms with Crippen LogP contribution in [0.2, 0.25) is 0 Å². The molecule has 0 bridgehead atoms. The number of aryl methyl sites for hydroxylation is 3. The van der Waals surface area contributed by atoms with Gasteiger partial charge in [-0.1, -0.05) is 20.4 Å². The highest BCUT2D eigenvalue weighted by Crippen LogP contribution is 1.98. The molecule has 3 aromatic rings. The van der Waals surface area contributed by atoms with E-state index in [9.17, 15) is 0 Å². The van der Waals surface area contributed by atoms with E-state index in [1.54, 1.807) is 34.6 Å². The first kappa shape index (κ1) is 23.1. The third-order valence-electron chi connectivity index (χ3n) is 2.04.